The van der Waals surface area contributed by atoms with E-state index in [1.807, 2.05) is 6.07 Å². The van der Waals surface area contributed by atoms with Crippen molar-refractivity contribution in [1.29, 1.82) is 5.26 Å². The van der Waals surface area contributed by atoms with Gasteiger partial charge in [0.15, 0.2) is 0 Å². The molecule has 0 saturated heterocycles. The summed E-state index contributed by atoms with van der Waals surface area (Å²) in [6.07, 6.45) is 4.66. The molecule has 0 radical (unpaired) electrons. The molecule has 1 aliphatic carbocycles. The van der Waals surface area contributed by atoms with E-state index in [0.717, 1.165) is 24.2 Å². The lowest BCUT2D eigenvalue weighted by Gasteiger charge is -2.40. The van der Waals surface area contributed by atoms with Crippen molar-refractivity contribution in [3.63, 3.8) is 0 Å². The Hall–Kier alpha value is -1.82. The highest BCUT2D eigenvalue weighted by molar-refractivity contribution is 5.59. The Morgan fingerprint density at radius 2 is 2.05 bits per heavy atom. The van der Waals surface area contributed by atoms with Crippen molar-refractivity contribution >= 4 is 12.0 Å². The van der Waals surface area contributed by atoms with Gasteiger partial charge in [0.2, 0.25) is 0 Å². The van der Waals surface area contributed by atoms with Crippen LogP contribution >= 0.6 is 0 Å². The second kappa shape index (κ2) is 6.09. The summed E-state index contributed by atoms with van der Waals surface area (Å²) in [6.45, 7) is 3.79. The van der Waals surface area contributed by atoms with Crippen LogP contribution in [0.2, 0.25) is 0 Å². The van der Waals surface area contributed by atoms with E-state index < -0.39 is 0 Å². The molecule has 0 aromatic heterocycles. The number of hydrogen-bond donors (Lipinski definition) is 0. The molecule has 0 N–H and O–H groups in total. The zero-order valence-electron chi connectivity index (χ0n) is 12.5. The quantitative estimate of drug-likeness (QED) is 0.736. The maximum atomic E-state index is 8.96. The number of nitriles is 1. The van der Waals surface area contributed by atoms with Crippen LogP contribution in [0.3, 0.4) is 0 Å². The number of aldehydes is 1. The summed E-state index contributed by atoms with van der Waals surface area (Å²) in [6, 6.07) is 9.06. The first kappa shape index (κ1) is 14.6. The Balaban J connectivity index is 0.000000452. The summed E-state index contributed by atoms with van der Waals surface area (Å²) in [7, 11) is 2.21. The van der Waals surface area contributed by atoms with Gasteiger partial charge < -0.3 is 9.69 Å². The van der Waals surface area contributed by atoms with Gasteiger partial charge in [-0.2, -0.15) is 5.26 Å². The Morgan fingerprint density at radius 3 is 2.60 bits per heavy atom. The number of fused-ring (bicyclic) bond motifs is 1. The van der Waals surface area contributed by atoms with Crippen LogP contribution < -0.4 is 4.90 Å². The smallest absolute Gasteiger partial charge is 0.116 e. The molecule has 0 spiro atoms. The van der Waals surface area contributed by atoms with Crippen LogP contribution in [0.25, 0.3) is 0 Å². The first-order valence-electron chi connectivity index (χ1n) is 7.28. The molecular formula is C17H22N2O. The van der Waals surface area contributed by atoms with Gasteiger partial charge in [0.1, 0.15) is 6.29 Å². The van der Waals surface area contributed by atoms with Gasteiger partial charge >= 0.3 is 0 Å². The van der Waals surface area contributed by atoms with E-state index in [9.17, 15) is 0 Å². The lowest BCUT2D eigenvalue weighted by atomic mass is 9.84. The number of anilines is 1. The van der Waals surface area contributed by atoms with Crippen LogP contribution in [0.15, 0.2) is 18.2 Å². The van der Waals surface area contributed by atoms with Crippen molar-refractivity contribution in [2.75, 3.05) is 11.9 Å². The minimum Gasteiger partial charge on any atom is -0.371 e. The summed E-state index contributed by atoms with van der Waals surface area (Å²) in [5, 5.41) is 8.96. The van der Waals surface area contributed by atoms with E-state index in [2.05, 4.69) is 37.1 Å². The topological polar surface area (TPSA) is 44.1 Å². The summed E-state index contributed by atoms with van der Waals surface area (Å²) < 4.78 is 0. The maximum absolute atomic E-state index is 8.96. The van der Waals surface area contributed by atoms with Crippen LogP contribution in [-0.4, -0.2) is 19.4 Å². The molecule has 1 aromatic rings. The molecule has 2 atom stereocenters. The number of benzene rings is 1. The molecule has 3 heteroatoms. The highest BCUT2D eigenvalue weighted by atomic mass is 16.1. The molecular weight excluding hydrogens is 248 g/mol. The highest BCUT2D eigenvalue weighted by Gasteiger charge is 2.40. The van der Waals surface area contributed by atoms with E-state index in [-0.39, 0.29) is 0 Å². The zero-order valence-corrected chi connectivity index (χ0v) is 12.5. The number of carbonyl (C=O) groups is 1. The highest BCUT2D eigenvalue weighted by Crippen LogP contribution is 2.44. The summed E-state index contributed by atoms with van der Waals surface area (Å²) in [4.78, 5) is 11.3. The van der Waals surface area contributed by atoms with Crippen molar-refractivity contribution in [3.8, 4) is 6.07 Å². The summed E-state index contributed by atoms with van der Waals surface area (Å²) in [5.74, 6) is 1.60. The largest absolute Gasteiger partial charge is 0.371 e. The monoisotopic (exact) mass is 270 g/mol. The number of nitrogens with zero attached hydrogens (tertiary/aromatic N) is 2. The molecule has 1 aliphatic heterocycles. The lowest BCUT2D eigenvalue weighted by Crippen LogP contribution is -2.43. The second-order valence-corrected chi connectivity index (χ2v) is 5.81. The van der Waals surface area contributed by atoms with E-state index in [0.29, 0.717) is 12.0 Å². The molecule has 1 heterocycles. The fourth-order valence-corrected chi connectivity index (χ4v) is 3.39. The van der Waals surface area contributed by atoms with Gasteiger partial charge in [-0.3, -0.25) is 0 Å². The predicted molar refractivity (Wildman–Crippen MR) is 80.7 cm³/mol. The average molecular weight is 270 g/mol. The molecule has 1 unspecified atom stereocenters. The average Bonchev–Trinajstić information content (AvgIpc) is 3.23. The van der Waals surface area contributed by atoms with Crippen molar-refractivity contribution in [3.05, 3.63) is 29.3 Å². The van der Waals surface area contributed by atoms with E-state index in [4.69, 9.17) is 10.1 Å². The van der Waals surface area contributed by atoms with Gasteiger partial charge in [0, 0.05) is 18.8 Å². The fraction of sp³-hybridized carbons (Fsp3) is 0.529. The first-order valence-corrected chi connectivity index (χ1v) is 7.28. The van der Waals surface area contributed by atoms with E-state index in [1.165, 1.54) is 31.0 Å². The molecule has 0 amide bonds. The van der Waals surface area contributed by atoms with Gasteiger partial charge in [-0.1, -0.05) is 6.92 Å². The van der Waals surface area contributed by atoms with Gasteiger partial charge in [0.25, 0.3) is 0 Å². The molecule has 1 fully saturated rings. The third-order valence-electron chi connectivity index (χ3n) is 4.27. The molecule has 3 rings (SSSR count). The van der Waals surface area contributed by atoms with E-state index >= 15 is 0 Å². The molecule has 3 nitrogen and oxygen atoms in total. The molecule has 1 saturated carbocycles. The zero-order chi connectivity index (χ0) is 14.7. The third-order valence-corrected chi connectivity index (χ3v) is 4.27. The number of rotatable bonds is 1. The van der Waals surface area contributed by atoms with Crippen LogP contribution in [-0.2, 0) is 11.2 Å². The third kappa shape index (κ3) is 2.85. The Labute approximate surface area is 121 Å². The van der Waals surface area contributed by atoms with Gasteiger partial charge in [0.05, 0.1) is 11.6 Å². The molecule has 106 valence electrons. The predicted octanol–water partition coefficient (Wildman–Crippen LogP) is 3.17. The minimum absolute atomic E-state index is 0.703. The summed E-state index contributed by atoms with van der Waals surface area (Å²) in [5.41, 5.74) is 3.46. The Bertz CT molecular complexity index is 528. The standard InChI is InChI=1S/C15H18N2.C2H4O/c1-10-7-13-8-11(9-16)3-6-14(13)17(2)15(10)12-4-5-12;1-2-3/h3,6,8,10,12,15H,4-5,7H2,1-2H3;2H,1H3/t10?,15-;/m1./s1. The number of carbonyl (C=O) groups excluding carboxylic acids is 1. The van der Waals surface area contributed by atoms with Gasteiger partial charge in [-0.15, -0.1) is 0 Å². The number of hydrogen-bond acceptors (Lipinski definition) is 3. The molecule has 0 bridgehead atoms. The van der Waals surface area contributed by atoms with Crippen LogP contribution in [0, 0.1) is 23.2 Å². The van der Waals surface area contributed by atoms with Crippen LogP contribution in [0.4, 0.5) is 5.69 Å². The maximum Gasteiger partial charge on any atom is 0.116 e. The summed E-state index contributed by atoms with van der Waals surface area (Å²) >= 11 is 0. The van der Waals surface area contributed by atoms with Gasteiger partial charge in [-0.25, -0.2) is 0 Å². The SMILES string of the molecule is CC1Cc2cc(C#N)ccc2N(C)[C@H]1C1CC1.CC=O. The van der Waals surface area contributed by atoms with Crippen LogP contribution in [0.1, 0.15) is 37.8 Å². The minimum atomic E-state index is 0.703. The molecule has 2 aliphatic rings. The van der Waals surface area contributed by atoms with Crippen LogP contribution in [0.5, 0.6) is 0 Å². The Morgan fingerprint density at radius 1 is 1.40 bits per heavy atom. The van der Waals surface area contributed by atoms with Crippen molar-refractivity contribution in [2.24, 2.45) is 11.8 Å². The Kier molecular flexibility index (Phi) is 4.44. The van der Waals surface area contributed by atoms with Gasteiger partial charge in [-0.05, 0) is 61.8 Å². The fourth-order valence-electron chi connectivity index (χ4n) is 3.39. The lowest BCUT2D eigenvalue weighted by molar-refractivity contribution is -0.106. The van der Waals surface area contributed by atoms with Crippen molar-refractivity contribution in [2.45, 2.75) is 39.2 Å². The first-order chi connectivity index (χ1) is 9.62. The molecule has 20 heavy (non-hydrogen) atoms. The second-order valence-electron chi connectivity index (χ2n) is 5.81. The molecule has 1 aromatic carbocycles. The van der Waals surface area contributed by atoms with Crippen molar-refractivity contribution in [1.82, 2.24) is 0 Å². The van der Waals surface area contributed by atoms with Crippen molar-refractivity contribution < 1.29 is 4.79 Å². The van der Waals surface area contributed by atoms with E-state index in [1.54, 1.807) is 0 Å². The normalized spacial score (nSPS) is 24.0.